The zero-order chi connectivity index (χ0) is 20.2. The van der Waals surface area contributed by atoms with Crippen molar-refractivity contribution in [1.29, 1.82) is 0 Å². The van der Waals surface area contributed by atoms with Crippen LogP contribution in [-0.4, -0.2) is 12.5 Å². The third-order valence-corrected chi connectivity index (χ3v) is 5.21. The van der Waals surface area contributed by atoms with Crippen molar-refractivity contribution in [3.05, 3.63) is 56.8 Å². The van der Waals surface area contributed by atoms with Crippen LogP contribution >= 0.6 is 34.8 Å². The number of anilines is 2. The number of hydrogen-bond donors (Lipinski definition) is 2. The minimum absolute atomic E-state index is 0.000308. The van der Waals surface area contributed by atoms with Gasteiger partial charge in [0.2, 0.25) is 5.91 Å². The van der Waals surface area contributed by atoms with Gasteiger partial charge in [0.05, 0.1) is 22.2 Å². The molecule has 0 bridgehead atoms. The van der Waals surface area contributed by atoms with E-state index in [0.717, 1.165) is 6.42 Å². The molecule has 0 aromatic heterocycles. The highest BCUT2D eigenvalue weighted by Gasteiger charge is 2.17. The number of benzene rings is 2. The number of rotatable bonds is 7. The van der Waals surface area contributed by atoms with E-state index in [1.54, 1.807) is 24.3 Å². The van der Waals surface area contributed by atoms with E-state index in [2.05, 4.69) is 31.4 Å². The topological polar surface area (TPSA) is 41.1 Å². The molecule has 0 radical (unpaired) electrons. The van der Waals surface area contributed by atoms with Crippen LogP contribution in [0.5, 0.6) is 0 Å². The summed E-state index contributed by atoms with van der Waals surface area (Å²) in [5.74, 6) is -0.672. The highest BCUT2D eigenvalue weighted by Crippen LogP contribution is 2.36. The second-order valence-electron chi connectivity index (χ2n) is 7.15. The molecule has 0 fully saturated rings. The first-order valence-electron chi connectivity index (χ1n) is 8.58. The fourth-order valence-electron chi connectivity index (χ4n) is 2.29. The van der Waals surface area contributed by atoms with Crippen molar-refractivity contribution in [2.75, 3.05) is 11.9 Å². The monoisotopic (exact) mass is 430 g/mol. The van der Waals surface area contributed by atoms with E-state index in [1.165, 1.54) is 6.07 Å². The highest BCUT2D eigenvalue weighted by molar-refractivity contribution is 6.41. The predicted octanol–water partition coefficient (Wildman–Crippen LogP) is 6.62. The van der Waals surface area contributed by atoms with Gasteiger partial charge in [-0.1, -0.05) is 55.6 Å². The van der Waals surface area contributed by atoms with Crippen LogP contribution in [0.25, 0.3) is 0 Å². The third-order valence-electron chi connectivity index (χ3n) is 4.39. The van der Waals surface area contributed by atoms with Crippen LogP contribution in [0.4, 0.5) is 15.8 Å². The maximum Gasteiger partial charge on any atom is 0.224 e. The number of carbonyl (C=O) groups is 1. The van der Waals surface area contributed by atoms with Crippen molar-refractivity contribution in [3.63, 3.8) is 0 Å². The maximum absolute atomic E-state index is 14.1. The summed E-state index contributed by atoms with van der Waals surface area (Å²) in [6.45, 7) is 6.74. The van der Waals surface area contributed by atoms with Crippen molar-refractivity contribution in [3.8, 4) is 0 Å². The van der Waals surface area contributed by atoms with Crippen molar-refractivity contribution in [1.82, 2.24) is 5.32 Å². The number of hydrogen-bond acceptors (Lipinski definition) is 2. The summed E-state index contributed by atoms with van der Waals surface area (Å²) in [5, 5.41) is 7.02. The lowest BCUT2D eigenvalue weighted by atomic mass is 9.90. The van der Waals surface area contributed by atoms with Gasteiger partial charge >= 0.3 is 0 Å². The Hall–Kier alpha value is -1.49. The van der Waals surface area contributed by atoms with Gasteiger partial charge in [-0.3, -0.25) is 4.79 Å². The van der Waals surface area contributed by atoms with Gasteiger partial charge in [-0.15, -0.1) is 0 Å². The van der Waals surface area contributed by atoms with Gasteiger partial charge < -0.3 is 10.6 Å². The van der Waals surface area contributed by atoms with E-state index in [0.29, 0.717) is 33.0 Å². The molecule has 0 unspecified atom stereocenters. The Balaban J connectivity index is 2.13. The Morgan fingerprint density at radius 1 is 1.11 bits per heavy atom. The summed E-state index contributed by atoms with van der Waals surface area (Å²) in [7, 11) is 0. The summed E-state index contributed by atoms with van der Waals surface area (Å²) in [4.78, 5) is 12.2. The van der Waals surface area contributed by atoms with Gasteiger partial charge in [-0.05, 0) is 47.7 Å². The first-order chi connectivity index (χ1) is 12.6. The molecule has 1 amide bonds. The minimum atomic E-state index is -0.446. The van der Waals surface area contributed by atoms with Crippen LogP contribution in [0.3, 0.4) is 0 Å². The average molecular weight is 432 g/mol. The van der Waals surface area contributed by atoms with E-state index >= 15 is 0 Å². The molecule has 7 heteroatoms. The lowest BCUT2D eigenvalue weighted by Crippen LogP contribution is -2.34. The van der Waals surface area contributed by atoms with Crippen molar-refractivity contribution < 1.29 is 9.18 Å². The molecule has 2 aromatic carbocycles. The molecule has 0 atom stereocenters. The van der Waals surface area contributed by atoms with E-state index < -0.39 is 5.82 Å². The SMILES string of the molecule is CCC(C)(C)CNC(=O)Cc1cc(Nc2c(Cl)cc(Cl)cc2Cl)ccc1F. The fourth-order valence-corrected chi connectivity index (χ4v) is 3.20. The number of nitrogens with one attached hydrogen (secondary N) is 2. The molecule has 0 spiro atoms. The van der Waals surface area contributed by atoms with Crippen molar-refractivity contribution >= 4 is 52.1 Å². The summed E-state index contributed by atoms with van der Waals surface area (Å²) in [6, 6.07) is 7.55. The fraction of sp³-hybridized carbons (Fsp3) is 0.350. The van der Waals surface area contributed by atoms with Crippen LogP contribution < -0.4 is 10.6 Å². The van der Waals surface area contributed by atoms with Crippen LogP contribution in [0, 0.1) is 11.2 Å². The quantitative estimate of drug-likeness (QED) is 0.517. The van der Waals surface area contributed by atoms with Crippen molar-refractivity contribution in [2.24, 2.45) is 5.41 Å². The summed E-state index contributed by atoms with van der Waals surface area (Å²) >= 11 is 18.2. The molecule has 0 saturated carbocycles. The molecule has 2 N–H and O–H groups in total. The van der Waals surface area contributed by atoms with E-state index in [9.17, 15) is 9.18 Å². The van der Waals surface area contributed by atoms with E-state index in [1.807, 2.05) is 0 Å². The molecule has 0 heterocycles. The van der Waals surface area contributed by atoms with Gasteiger partial charge in [0.15, 0.2) is 0 Å². The molecule has 3 nitrogen and oxygen atoms in total. The van der Waals surface area contributed by atoms with Gasteiger partial charge in [-0.25, -0.2) is 4.39 Å². The predicted molar refractivity (Wildman–Crippen MR) is 112 cm³/mol. The molecule has 0 aliphatic carbocycles. The summed E-state index contributed by atoms with van der Waals surface area (Å²) < 4.78 is 14.1. The highest BCUT2D eigenvalue weighted by atomic mass is 35.5. The normalized spacial score (nSPS) is 11.4. The Morgan fingerprint density at radius 2 is 1.74 bits per heavy atom. The van der Waals surface area contributed by atoms with Gasteiger partial charge in [0, 0.05) is 17.3 Å². The molecule has 0 aliphatic heterocycles. The second-order valence-corrected chi connectivity index (χ2v) is 8.40. The third kappa shape index (κ3) is 6.27. The smallest absolute Gasteiger partial charge is 0.224 e. The van der Waals surface area contributed by atoms with E-state index in [4.69, 9.17) is 34.8 Å². The maximum atomic E-state index is 14.1. The second kappa shape index (κ2) is 9.13. The Labute approximate surface area is 174 Å². The van der Waals surface area contributed by atoms with Crippen LogP contribution in [0.15, 0.2) is 30.3 Å². The lowest BCUT2D eigenvalue weighted by molar-refractivity contribution is -0.120. The molecular weight excluding hydrogens is 410 g/mol. The van der Waals surface area contributed by atoms with Crippen LogP contribution in [-0.2, 0) is 11.2 Å². The number of carbonyl (C=O) groups excluding carboxylic acids is 1. The molecule has 146 valence electrons. The van der Waals surface area contributed by atoms with Gasteiger partial charge in [0.1, 0.15) is 5.82 Å². The standard InChI is InChI=1S/C20H22Cl3FN2O/c1-4-20(2,3)11-25-18(27)8-12-7-14(5-6-17(12)24)26-19-15(22)9-13(21)10-16(19)23/h5-7,9-10,26H,4,8,11H2,1-3H3,(H,25,27). The number of amides is 1. The lowest BCUT2D eigenvalue weighted by Gasteiger charge is -2.22. The zero-order valence-electron chi connectivity index (χ0n) is 15.4. The van der Waals surface area contributed by atoms with Crippen LogP contribution in [0.2, 0.25) is 15.1 Å². The first kappa shape index (κ1) is 21.8. The molecule has 2 rings (SSSR count). The molecule has 27 heavy (non-hydrogen) atoms. The van der Waals surface area contributed by atoms with Gasteiger partial charge in [0.25, 0.3) is 0 Å². The summed E-state index contributed by atoms with van der Waals surface area (Å²) in [6.07, 6.45) is 0.882. The Morgan fingerprint density at radius 3 is 2.33 bits per heavy atom. The summed E-state index contributed by atoms with van der Waals surface area (Å²) in [5.41, 5.74) is 1.32. The van der Waals surface area contributed by atoms with Crippen molar-refractivity contribution in [2.45, 2.75) is 33.6 Å². The van der Waals surface area contributed by atoms with Crippen LogP contribution in [0.1, 0.15) is 32.8 Å². The average Bonchev–Trinajstić information content (AvgIpc) is 2.59. The zero-order valence-corrected chi connectivity index (χ0v) is 17.7. The molecule has 0 saturated heterocycles. The largest absolute Gasteiger partial charge is 0.355 e. The Bertz CT molecular complexity index is 817. The first-order valence-corrected chi connectivity index (χ1v) is 9.71. The Kier molecular flexibility index (Phi) is 7.38. The molecular formula is C20H22Cl3FN2O. The minimum Gasteiger partial charge on any atom is -0.355 e. The molecule has 2 aromatic rings. The molecule has 0 aliphatic rings. The van der Waals surface area contributed by atoms with Gasteiger partial charge in [-0.2, -0.15) is 0 Å². The number of halogens is 4. The van der Waals surface area contributed by atoms with E-state index in [-0.39, 0.29) is 23.3 Å².